The molecule has 0 aliphatic rings. The van der Waals surface area contributed by atoms with Gasteiger partial charge in [0.25, 0.3) is 5.91 Å². The molecule has 2 aromatic carbocycles. The smallest absolute Gasteiger partial charge is 0.350 e. The predicted molar refractivity (Wildman–Crippen MR) is 118 cm³/mol. The van der Waals surface area contributed by atoms with E-state index < -0.39 is 18.5 Å². The molecule has 1 N–H and O–H groups in total. The second-order valence-electron chi connectivity index (χ2n) is 6.81. The summed E-state index contributed by atoms with van der Waals surface area (Å²) in [6.07, 6.45) is 0.964. The molecular formula is C23H24N2O4S. The van der Waals surface area contributed by atoms with Gasteiger partial charge < -0.3 is 14.8 Å². The van der Waals surface area contributed by atoms with Gasteiger partial charge in [0, 0.05) is 5.56 Å². The number of hydrogen-bond donors (Lipinski definition) is 1. The van der Waals surface area contributed by atoms with Crippen LogP contribution in [0.1, 0.15) is 33.4 Å². The minimum Gasteiger partial charge on any atom is -0.495 e. The summed E-state index contributed by atoms with van der Waals surface area (Å²) in [5.41, 5.74) is 4.28. The lowest BCUT2D eigenvalue weighted by Gasteiger charge is -2.11. The van der Waals surface area contributed by atoms with E-state index in [1.165, 1.54) is 24.0 Å². The Morgan fingerprint density at radius 2 is 1.83 bits per heavy atom. The summed E-state index contributed by atoms with van der Waals surface area (Å²) in [6, 6.07) is 13.5. The largest absolute Gasteiger partial charge is 0.495 e. The van der Waals surface area contributed by atoms with Crippen LogP contribution in [0.3, 0.4) is 0 Å². The van der Waals surface area contributed by atoms with Gasteiger partial charge in [-0.05, 0) is 43.5 Å². The molecule has 156 valence electrons. The van der Waals surface area contributed by atoms with Crippen molar-refractivity contribution in [3.63, 3.8) is 0 Å². The summed E-state index contributed by atoms with van der Waals surface area (Å²) >= 11 is 1.26. The molecule has 7 heteroatoms. The monoisotopic (exact) mass is 424 g/mol. The molecule has 1 aromatic heterocycles. The minimum absolute atomic E-state index is 0.394. The van der Waals surface area contributed by atoms with Crippen molar-refractivity contribution in [2.75, 3.05) is 19.0 Å². The fraction of sp³-hybridized carbons (Fsp3) is 0.261. The van der Waals surface area contributed by atoms with Crippen molar-refractivity contribution < 1.29 is 19.1 Å². The van der Waals surface area contributed by atoms with Gasteiger partial charge in [-0.3, -0.25) is 4.79 Å². The van der Waals surface area contributed by atoms with E-state index >= 15 is 0 Å². The van der Waals surface area contributed by atoms with Gasteiger partial charge >= 0.3 is 5.97 Å². The fourth-order valence-corrected chi connectivity index (χ4v) is 3.86. The second-order valence-corrected chi connectivity index (χ2v) is 7.81. The number of ether oxygens (including phenoxy) is 2. The first-order valence-corrected chi connectivity index (χ1v) is 10.4. The molecule has 0 saturated carbocycles. The molecule has 3 rings (SSSR count). The Bertz CT molecular complexity index is 1060. The first kappa shape index (κ1) is 21.5. The highest BCUT2D eigenvalue weighted by Crippen LogP contribution is 2.29. The lowest BCUT2D eigenvalue weighted by atomic mass is 10.1. The number of benzene rings is 2. The van der Waals surface area contributed by atoms with E-state index in [0.29, 0.717) is 22.0 Å². The SMILES string of the molecule is CCc1ccc(-c2nc(C)c(C(=O)OCC(=O)Nc3cc(C)ccc3OC)s2)cc1. The number of nitrogens with zero attached hydrogens (tertiary/aromatic N) is 1. The number of rotatable bonds is 7. The maximum atomic E-state index is 12.5. The molecule has 0 aliphatic carbocycles. The minimum atomic E-state index is -0.562. The zero-order valence-electron chi connectivity index (χ0n) is 17.4. The molecule has 0 bridgehead atoms. The molecule has 0 aliphatic heterocycles. The zero-order valence-corrected chi connectivity index (χ0v) is 18.3. The van der Waals surface area contributed by atoms with Gasteiger partial charge in [0.1, 0.15) is 15.6 Å². The van der Waals surface area contributed by atoms with Crippen molar-refractivity contribution in [1.29, 1.82) is 0 Å². The third kappa shape index (κ3) is 5.04. The first-order valence-electron chi connectivity index (χ1n) is 9.59. The fourth-order valence-electron chi connectivity index (χ4n) is 2.89. The van der Waals surface area contributed by atoms with Gasteiger partial charge in [-0.2, -0.15) is 0 Å². The van der Waals surface area contributed by atoms with E-state index in [0.717, 1.165) is 22.6 Å². The number of carbonyl (C=O) groups excluding carboxylic acids is 2. The number of aryl methyl sites for hydroxylation is 3. The van der Waals surface area contributed by atoms with Crippen LogP contribution in [0, 0.1) is 13.8 Å². The normalized spacial score (nSPS) is 10.5. The quantitative estimate of drug-likeness (QED) is 0.552. The Balaban J connectivity index is 1.64. The van der Waals surface area contributed by atoms with Crippen molar-refractivity contribution in [3.05, 3.63) is 64.2 Å². The number of aromatic nitrogens is 1. The molecule has 1 heterocycles. The Hall–Kier alpha value is -3.19. The number of methoxy groups -OCH3 is 1. The molecule has 1 amide bonds. The molecule has 0 saturated heterocycles. The summed E-state index contributed by atoms with van der Waals surface area (Å²) in [7, 11) is 1.53. The highest BCUT2D eigenvalue weighted by Gasteiger charge is 2.19. The molecular weight excluding hydrogens is 400 g/mol. The zero-order chi connectivity index (χ0) is 21.7. The van der Waals surface area contributed by atoms with E-state index in [9.17, 15) is 9.59 Å². The third-order valence-electron chi connectivity index (χ3n) is 4.55. The van der Waals surface area contributed by atoms with Crippen molar-refractivity contribution in [1.82, 2.24) is 4.98 Å². The highest BCUT2D eigenvalue weighted by molar-refractivity contribution is 7.17. The average Bonchev–Trinajstić information content (AvgIpc) is 3.14. The van der Waals surface area contributed by atoms with Gasteiger partial charge in [0.2, 0.25) is 0 Å². The average molecular weight is 425 g/mol. The van der Waals surface area contributed by atoms with Crippen molar-refractivity contribution >= 4 is 28.9 Å². The van der Waals surface area contributed by atoms with Crippen LogP contribution in [-0.2, 0) is 16.0 Å². The van der Waals surface area contributed by atoms with Crippen LogP contribution in [-0.4, -0.2) is 30.6 Å². The maximum absolute atomic E-state index is 12.5. The number of esters is 1. The van der Waals surface area contributed by atoms with E-state index in [2.05, 4.69) is 17.2 Å². The standard InChI is InChI=1S/C23H24N2O4S/c1-5-16-7-9-17(10-8-16)22-24-15(3)21(30-22)23(27)29-13-20(26)25-18-12-14(2)6-11-19(18)28-4/h6-12H,5,13H2,1-4H3,(H,25,26). The van der Waals surface area contributed by atoms with Crippen LogP contribution in [0.4, 0.5) is 5.69 Å². The van der Waals surface area contributed by atoms with Gasteiger partial charge in [0.05, 0.1) is 18.5 Å². The number of carbonyl (C=O) groups is 2. The number of hydrogen-bond acceptors (Lipinski definition) is 6. The summed E-state index contributed by atoms with van der Waals surface area (Å²) in [5, 5.41) is 3.46. The van der Waals surface area contributed by atoms with Crippen LogP contribution < -0.4 is 10.1 Å². The summed E-state index contributed by atoms with van der Waals surface area (Å²) in [4.78, 5) is 29.6. The van der Waals surface area contributed by atoms with E-state index in [1.807, 2.05) is 37.3 Å². The van der Waals surface area contributed by atoms with Gasteiger partial charge in [0.15, 0.2) is 6.61 Å². The van der Waals surface area contributed by atoms with E-state index in [-0.39, 0.29) is 0 Å². The highest BCUT2D eigenvalue weighted by atomic mass is 32.1. The van der Waals surface area contributed by atoms with Crippen LogP contribution in [0.2, 0.25) is 0 Å². The van der Waals surface area contributed by atoms with E-state index in [1.54, 1.807) is 19.1 Å². The van der Waals surface area contributed by atoms with Crippen molar-refractivity contribution in [2.45, 2.75) is 27.2 Å². The van der Waals surface area contributed by atoms with Gasteiger partial charge in [-0.25, -0.2) is 9.78 Å². The molecule has 0 atom stereocenters. The second kappa shape index (κ2) is 9.54. The summed E-state index contributed by atoms with van der Waals surface area (Å²) in [6.45, 7) is 5.37. The Kier molecular flexibility index (Phi) is 6.84. The number of thiazole rings is 1. The van der Waals surface area contributed by atoms with Crippen molar-refractivity contribution in [3.8, 4) is 16.3 Å². The number of nitrogens with one attached hydrogen (secondary N) is 1. The Morgan fingerprint density at radius 1 is 1.10 bits per heavy atom. The lowest BCUT2D eigenvalue weighted by Crippen LogP contribution is -2.21. The van der Waals surface area contributed by atoms with Gasteiger partial charge in [-0.1, -0.05) is 37.3 Å². The van der Waals surface area contributed by atoms with Crippen LogP contribution in [0.15, 0.2) is 42.5 Å². The first-order chi connectivity index (χ1) is 14.4. The van der Waals surface area contributed by atoms with E-state index in [4.69, 9.17) is 9.47 Å². The molecule has 30 heavy (non-hydrogen) atoms. The maximum Gasteiger partial charge on any atom is 0.350 e. The lowest BCUT2D eigenvalue weighted by molar-refractivity contribution is -0.119. The summed E-state index contributed by atoms with van der Waals surface area (Å²) in [5.74, 6) is -0.463. The Morgan fingerprint density at radius 3 is 2.50 bits per heavy atom. The van der Waals surface area contributed by atoms with Crippen LogP contribution in [0.25, 0.3) is 10.6 Å². The number of amides is 1. The Labute approximate surface area is 179 Å². The summed E-state index contributed by atoms with van der Waals surface area (Å²) < 4.78 is 10.5. The van der Waals surface area contributed by atoms with Gasteiger partial charge in [-0.15, -0.1) is 11.3 Å². The van der Waals surface area contributed by atoms with Crippen LogP contribution >= 0.6 is 11.3 Å². The molecule has 6 nitrogen and oxygen atoms in total. The molecule has 0 radical (unpaired) electrons. The van der Waals surface area contributed by atoms with Crippen LogP contribution in [0.5, 0.6) is 5.75 Å². The molecule has 0 unspecified atom stereocenters. The topological polar surface area (TPSA) is 77.5 Å². The molecule has 3 aromatic rings. The third-order valence-corrected chi connectivity index (χ3v) is 5.74. The molecule has 0 spiro atoms. The predicted octanol–water partition coefficient (Wildman–Crippen LogP) is 4.79. The number of anilines is 1. The van der Waals surface area contributed by atoms with Crippen molar-refractivity contribution in [2.24, 2.45) is 0 Å². The molecule has 0 fully saturated rings.